The number of aromatic nitrogens is 2. The van der Waals surface area contributed by atoms with Crippen molar-refractivity contribution < 1.29 is 0 Å². The fourth-order valence-electron chi connectivity index (χ4n) is 2.64. The third kappa shape index (κ3) is 5.01. The first-order valence-corrected chi connectivity index (χ1v) is 10.4. The molecule has 0 fully saturated rings. The molecule has 2 aromatic heterocycles. The number of pyridine rings is 2. The molecule has 2 heterocycles. The van der Waals surface area contributed by atoms with Crippen LogP contribution >= 0.6 is 34.4 Å². The van der Waals surface area contributed by atoms with E-state index >= 15 is 0 Å². The topological polar surface area (TPSA) is 65.7 Å². The lowest BCUT2D eigenvalue weighted by atomic mass is 10.2. The van der Waals surface area contributed by atoms with E-state index in [4.69, 9.17) is 0 Å². The van der Waals surface area contributed by atoms with Crippen molar-refractivity contribution in [3.8, 4) is 0 Å². The zero-order chi connectivity index (χ0) is 19.4. The van der Waals surface area contributed by atoms with Crippen LogP contribution in [0.2, 0.25) is 0 Å². The first-order valence-electron chi connectivity index (χ1n) is 8.49. The van der Waals surface area contributed by atoms with E-state index in [0.29, 0.717) is 5.25 Å². The van der Waals surface area contributed by atoms with E-state index < -0.39 is 0 Å². The van der Waals surface area contributed by atoms with Gasteiger partial charge in [-0.15, -0.1) is 11.8 Å². The minimum absolute atomic E-state index is 0.0715. The van der Waals surface area contributed by atoms with Gasteiger partial charge in [0, 0.05) is 60.0 Å². The monoisotopic (exact) mass is 490 g/mol. The van der Waals surface area contributed by atoms with Crippen molar-refractivity contribution in [3.05, 3.63) is 84.9 Å². The van der Waals surface area contributed by atoms with Gasteiger partial charge in [-0.3, -0.25) is 9.59 Å². The van der Waals surface area contributed by atoms with E-state index in [1.807, 2.05) is 36.4 Å². The summed E-state index contributed by atoms with van der Waals surface area (Å²) >= 11 is 3.96. The van der Waals surface area contributed by atoms with Crippen LogP contribution in [-0.2, 0) is 0 Å². The average Bonchev–Trinajstić information content (AvgIpc) is 2.63. The van der Waals surface area contributed by atoms with E-state index in [9.17, 15) is 9.59 Å². The normalized spacial score (nSPS) is 10.8. The predicted octanol–water partition coefficient (Wildman–Crippen LogP) is 5.16. The Hall–Kier alpha value is -2.06. The lowest BCUT2D eigenvalue weighted by Gasteiger charge is -2.05. The maximum absolute atomic E-state index is 11.6. The molecule has 2 aromatic carbocycles. The Morgan fingerprint density at radius 2 is 1.37 bits per heavy atom. The smallest absolute Gasteiger partial charge is 0.189 e. The molecule has 6 heteroatoms. The summed E-state index contributed by atoms with van der Waals surface area (Å²) in [6.45, 7) is 4.29. The van der Waals surface area contributed by atoms with Crippen LogP contribution in [0.3, 0.4) is 0 Å². The molecule has 0 unspecified atom stereocenters. The van der Waals surface area contributed by atoms with Crippen LogP contribution in [0.25, 0.3) is 21.8 Å². The van der Waals surface area contributed by atoms with E-state index in [1.54, 1.807) is 36.3 Å². The average molecular weight is 490 g/mol. The Morgan fingerprint density at radius 3 is 1.96 bits per heavy atom. The van der Waals surface area contributed by atoms with E-state index in [0.717, 1.165) is 30.3 Å². The van der Waals surface area contributed by atoms with Gasteiger partial charge < -0.3 is 9.97 Å². The summed E-state index contributed by atoms with van der Waals surface area (Å²) < 4.78 is 1.08. The molecular formula is C21H19IN2O2S. The lowest BCUT2D eigenvalue weighted by Crippen LogP contribution is -2.00. The number of thioether (sulfide) groups is 1. The Bertz CT molecular complexity index is 1200. The van der Waals surface area contributed by atoms with Crippen molar-refractivity contribution in [2.75, 3.05) is 0 Å². The molecule has 4 nitrogen and oxygen atoms in total. The molecule has 0 amide bonds. The van der Waals surface area contributed by atoms with Crippen LogP contribution < -0.4 is 10.9 Å². The number of rotatable bonds is 2. The highest BCUT2D eigenvalue weighted by atomic mass is 127. The first-order chi connectivity index (χ1) is 12.9. The molecule has 138 valence electrons. The molecule has 0 saturated carbocycles. The number of aromatic amines is 2. The lowest BCUT2D eigenvalue weighted by molar-refractivity contribution is 1.11. The van der Waals surface area contributed by atoms with Gasteiger partial charge in [-0.05, 0) is 59.0 Å². The third-order valence-corrected chi connectivity index (χ3v) is 5.49. The van der Waals surface area contributed by atoms with Crippen molar-refractivity contribution in [3.63, 3.8) is 0 Å². The summed E-state index contributed by atoms with van der Waals surface area (Å²) in [5.74, 6) is 0. The third-order valence-electron chi connectivity index (χ3n) is 3.82. The summed E-state index contributed by atoms with van der Waals surface area (Å²) in [7, 11) is 0. The summed E-state index contributed by atoms with van der Waals surface area (Å²) in [4.78, 5) is 30.1. The zero-order valence-electron chi connectivity index (χ0n) is 15.0. The summed E-state index contributed by atoms with van der Waals surface area (Å²) in [5, 5.41) is 2.05. The van der Waals surface area contributed by atoms with Crippen LogP contribution in [0.4, 0.5) is 0 Å². The number of fused-ring (bicyclic) bond motifs is 2. The minimum Gasteiger partial charge on any atom is -0.361 e. The number of H-pyrrole nitrogens is 2. The van der Waals surface area contributed by atoms with Crippen LogP contribution in [0.15, 0.2) is 75.4 Å². The van der Waals surface area contributed by atoms with Gasteiger partial charge in [-0.1, -0.05) is 13.8 Å². The number of hydrogen-bond acceptors (Lipinski definition) is 3. The van der Waals surface area contributed by atoms with Crippen LogP contribution in [-0.4, -0.2) is 15.2 Å². The predicted molar refractivity (Wildman–Crippen MR) is 123 cm³/mol. The van der Waals surface area contributed by atoms with Crippen molar-refractivity contribution in [2.24, 2.45) is 0 Å². The molecule has 0 aliphatic carbocycles. The van der Waals surface area contributed by atoms with Crippen molar-refractivity contribution in [1.82, 2.24) is 9.97 Å². The van der Waals surface area contributed by atoms with Gasteiger partial charge in [0.25, 0.3) is 0 Å². The molecule has 0 radical (unpaired) electrons. The number of nitrogens with one attached hydrogen (secondary N) is 2. The molecule has 4 aromatic rings. The van der Waals surface area contributed by atoms with Crippen LogP contribution in [0.1, 0.15) is 13.8 Å². The standard InChI is InChI=1S/C12H13NOS.C9H6INO/c1-8(2)15-9-3-4-11-10(7-9)12(14)5-6-13-11;10-6-1-2-8-7(5-6)9(12)3-4-11-8/h3-8H,1-2H3,(H,13,14);1-5H,(H,11,12). The van der Waals surface area contributed by atoms with Gasteiger partial charge in [-0.25, -0.2) is 0 Å². The highest BCUT2D eigenvalue weighted by molar-refractivity contribution is 14.1. The van der Waals surface area contributed by atoms with E-state index in [1.165, 1.54) is 0 Å². The summed E-state index contributed by atoms with van der Waals surface area (Å²) in [6, 6.07) is 14.8. The summed E-state index contributed by atoms with van der Waals surface area (Å²) in [5.41, 5.74) is 1.94. The molecule has 0 saturated heterocycles. The van der Waals surface area contributed by atoms with E-state index in [-0.39, 0.29) is 10.9 Å². The largest absolute Gasteiger partial charge is 0.361 e. The maximum Gasteiger partial charge on any atom is 0.189 e. The fourth-order valence-corrected chi connectivity index (χ4v) is 4.01. The fraction of sp³-hybridized carbons (Fsp3) is 0.143. The zero-order valence-corrected chi connectivity index (χ0v) is 17.9. The molecular weight excluding hydrogens is 471 g/mol. The number of benzene rings is 2. The van der Waals surface area contributed by atoms with Gasteiger partial charge in [0.1, 0.15) is 0 Å². The van der Waals surface area contributed by atoms with Gasteiger partial charge in [-0.2, -0.15) is 0 Å². The molecule has 0 atom stereocenters. The Labute approximate surface area is 174 Å². The van der Waals surface area contributed by atoms with Gasteiger partial charge >= 0.3 is 0 Å². The molecule has 27 heavy (non-hydrogen) atoms. The van der Waals surface area contributed by atoms with E-state index in [2.05, 4.69) is 46.4 Å². The SMILES string of the molecule is CC(C)Sc1ccc2[nH]ccc(=O)c2c1.O=c1cc[nH]c2ccc(I)cc12. The summed E-state index contributed by atoms with van der Waals surface area (Å²) in [6.07, 6.45) is 3.34. The van der Waals surface area contributed by atoms with Gasteiger partial charge in [0.15, 0.2) is 10.9 Å². The van der Waals surface area contributed by atoms with Crippen LogP contribution in [0, 0.1) is 3.57 Å². The molecule has 0 bridgehead atoms. The van der Waals surface area contributed by atoms with Gasteiger partial charge in [0.05, 0.1) is 0 Å². The first kappa shape index (κ1) is 19.7. The molecule has 0 aliphatic heterocycles. The van der Waals surface area contributed by atoms with Crippen molar-refractivity contribution in [2.45, 2.75) is 24.0 Å². The molecule has 4 rings (SSSR count). The van der Waals surface area contributed by atoms with Crippen LogP contribution in [0.5, 0.6) is 0 Å². The minimum atomic E-state index is 0.0715. The highest BCUT2D eigenvalue weighted by Crippen LogP contribution is 2.24. The second-order valence-corrected chi connectivity index (χ2v) is 9.14. The van der Waals surface area contributed by atoms with Crippen molar-refractivity contribution in [1.29, 1.82) is 0 Å². The Balaban J connectivity index is 0.000000159. The molecule has 0 aliphatic rings. The second kappa shape index (κ2) is 8.75. The number of halogens is 1. The Kier molecular flexibility index (Phi) is 6.38. The van der Waals surface area contributed by atoms with Crippen molar-refractivity contribution >= 4 is 56.2 Å². The second-order valence-electron chi connectivity index (χ2n) is 6.25. The van der Waals surface area contributed by atoms with Gasteiger partial charge in [0.2, 0.25) is 0 Å². The molecule has 0 spiro atoms. The number of hydrogen-bond donors (Lipinski definition) is 2. The maximum atomic E-state index is 11.6. The molecule has 2 N–H and O–H groups in total. The Morgan fingerprint density at radius 1 is 0.815 bits per heavy atom. The quantitative estimate of drug-likeness (QED) is 0.301. The highest BCUT2D eigenvalue weighted by Gasteiger charge is 2.02.